The van der Waals surface area contributed by atoms with Gasteiger partial charge in [-0.1, -0.05) is 62.6 Å². The Hall–Kier alpha value is -3.37. The molecule has 0 saturated heterocycles. The first-order valence-electron chi connectivity index (χ1n) is 15.2. The summed E-state index contributed by atoms with van der Waals surface area (Å²) in [6, 6.07) is 13.2. The topological polar surface area (TPSA) is 115 Å². The van der Waals surface area contributed by atoms with E-state index in [4.69, 9.17) is 46.9 Å². The smallest absolute Gasteiger partial charge is 0.343 e. The number of methoxy groups -OCH3 is 1. The molecule has 50 heavy (non-hydrogen) atoms. The van der Waals surface area contributed by atoms with E-state index in [1.54, 1.807) is 57.2 Å². The van der Waals surface area contributed by atoms with E-state index in [1.165, 1.54) is 23.0 Å². The summed E-state index contributed by atoms with van der Waals surface area (Å²) < 4.78 is 31.4. The maximum atomic E-state index is 14.4. The van der Waals surface area contributed by atoms with Crippen LogP contribution >= 0.6 is 73.1 Å². The SMILES string of the molecule is CCOC(=O)C1=C(C)N=c2s/c(=C/c3cc(Br)cc(I)c3OCc3ccc(Cl)c(Cl)c3)c(=O)n2[C@H]1c1ccc(OCC(=O)OC)c(OCC)c1. The van der Waals surface area contributed by atoms with E-state index >= 15 is 0 Å². The summed E-state index contributed by atoms with van der Waals surface area (Å²) in [4.78, 5) is 44.6. The minimum absolute atomic E-state index is 0.129. The summed E-state index contributed by atoms with van der Waals surface area (Å²) in [6.07, 6.45) is 1.75. The molecule has 0 unspecified atom stereocenters. The fraction of sp³-hybridized carbons (Fsp3) is 0.257. The van der Waals surface area contributed by atoms with Gasteiger partial charge in [0, 0.05) is 10.0 Å². The molecule has 0 spiro atoms. The van der Waals surface area contributed by atoms with Gasteiger partial charge in [-0.05, 0) is 97.0 Å². The molecule has 0 radical (unpaired) electrons. The lowest BCUT2D eigenvalue weighted by molar-refractivity contribution is -0.143. The minimum Gasteiger partial charge on any atom is -0.490 e. The Morgan fingerprint density at radius 1 is 1.02 bits per heavy atom. The monoisotopic (exact) mass is 914 g/mol. The average molecular weight is 916 g/mol. The van der Waals surface area contributed by atoms with Crippen LogP contribution in [0.25, 0.3) is 6.08 Å². The van der Waals surface area contributed by atoms with Crippen molar-refractivity contribution in [1.82, 2.24) is 4.57 Å². The van der Waals surface area contributed by atoms with Crippen LogP contribution < -0.4 is 29.1 Å². The lowest BCUT2D eigenvalue weighted by atomic mass is 9.95. The Bertz CT molecular complexity index is 2190. The van der Waals surface area contributed by atoms with Gasteiger partial charge in [0.1, 0.15) is 12.4 Å². The number of fused-ring (bicyclic) bond motifs is 1. The maximum Gasteiger partial charge on any atom is 0.343 e. The largest absolute Gasteiger partial charge is 0.490 e. The minimum atomic E-state index is -0.908. The van der Waals surface area contributed by atoms with Gasteiger partial charge < -0.3 is 23.7 Å². The van der Waals surface area contributed by atoms with E-state index in [2.05, 4.69) is 43.5 Å². The van der Waals surface area contributed by atoms with E-state index in [-0.39, 0.29) is 31.0 Å². The molecule has 10 nitrogen and oxygen atoms in total. The van der Waals surface area contributed by atoms with Crippen LogP contribution in [0.2, 0.25) is 10.0 Å². The van der Waals surface area contributed by atoms with Crippen molar-refractivity contribution in [2.45, 2.75) is 33.4 Å². The number of thiazole rings is 1. The zero-order valence-corrected chi connectivity index (χ0v) is 33.3. The zero-order chi connectivity index (χ0) is 36.1. The second-order valence-corrected chi connectivity index (χ2v) is 14.6. The Labute approximate surface area is 323 Å². The number of carbonyl (C=O) groups excluding carboxylic acids is 2. The summed E-state index contributed by atoms with van der Waals surface area (Å²) >= 11 is 19.3. The second kappa shape index (κ2) is 16.8. The summed E-state index contributed by atoms with van der Waals surface area (Å²) in [7, 11) is 1.27. The van der Waals surface area contributed by atoms with Crippen LogP contribution in [0.15, 0.2) is 74.1 Å². The fourth-order valence-corrected chi connectivity index (χ4v) is 8.21. The molecule has 15 heteroatoms. The van der Waals surface area contributed by atoms with Crippen molar-refractivity contribution in [3.63, 3.8) is 0 Å². The number of rotatable bonds is 12. The van der Waals surface area contributed by atoms with Crippen LogP contribution in [0.5, 0.6) is 17.2 Å². The number of aromatic nitrogens is 1. The van der Waals surface area contributed by atoms with Crippen LogP contribution in [0.4, 0.5) is 0 Å². The van der Waals surface area contributed by atoms with Gasteiger partial charge in [-0.25, -0.2) is 14.6 Å². The van der Waals surface area contributed by atoms with Crippen molar-refractivity contribution in [1.29, 1.82) is 0 Å². The number of hydrogen-bond acceptors (Lipinski definition) is 10. The molecule has 262 valence electrons. The van der Waals surface area contributed by atoms with Crippen LogP contribution in [0, 0.1) is 3.57 Å². The summed E-state index contributed by atoms with van der Waals surface area (Å²) in [5, 5.41) is 0.865. The van der Waals surface area contributed by atoms with Gasteiger partial charge in [0.15, 0.2) is 22.9 Å². The van der Waals surface area contributed by atoms with Crippen LogP contribution in [0.3, 0.4) is 0 Å². The van der Waals surface area contributed by atoms with E-state index in [0.717, 1.165) is 13.6 Å². The first-order valence-corrected chi connectivity index (χ1v) is 18.6. The molecule has 1 aliphatic heterocycles. The Kier molecular flexibility index (Phi) is 12.7. The lowest BCUT2D eigenvalue weighted by Crippen LogP contribution is -2.40. The first kappa shape index (κ1) is 37.9. The van der Waals surface area contributed by atoms with Gasteiger partial charge >= 0.3 is 11.9 Å². The summed E-state index contributed by atoms with van der Waals surface area (Å²) in [5.74, 6) is 0.0202. The molecule has 1 atom stereocenters. The molecule has 0 fully saturated rings. The quantitative estimate of drug-likeness (QED) is 0.110. The van der Waals surface area contributed by atoms with Crippen molar-refractivity contribution in [3.05, 3.63) is 114 Å². The van der Waals surface area contributed by atoms with Gasteiger partial charge in [-0.15, -0.1) is 0 Å². The van der Waals surface area contributed by atoms with Crippen LogP contribution in [-0.4, -0.2) is 43.4 Å². The molecule has 5 rings (SSSR count). The fourth-order valence-electron chi connectivity index (χ4n) is 5.15. The van der Waals surface area contributed by atoms with Gasteiger partial charge in [0.05, 0.1) is 55.8 Å². The molecule has 0 N–H and O–H groups in total. The van der Waals surface area contributed by atoms with E-state index < -0.39 is 18.0 Å². The highest BCUT2D eigenvalue weighted by molar-refractivity contribution is 14.1. The predicted molar refractivity (Wildman–Crippen MR) is 203 cm³/mol. The number of halogens is 4. The number of benzene rings is 3. The third-order valence-corrected chi connectivity index (χ3v) is 10.3. The highest BCUT2D eigenvalue weighted by atomic mass is 127. The summed E-state index contributed by atoms with van der Waals surface area (Å²) in [6.45, 7) is 5.52. The molecule has 2 heterocycles. The third kappa shape index (κ3) is 8.39. The number of allylic oxidation sites excluding steroid dienone is 1. The molecular weight excluding hydrogens is 886 g/mol. The predicted octanol–water partition coefficient (Wildman–Crippen LogP) is 7.00. The molecule has 0 amide bonds. The Morgan fingerprint density at radius 3 is 2.50 bits per heavy atom. The number of nitrogens with zero attached hydrogens (tertiary/aromatic N) is 2. The number of esters is 2. The van der Waals surface area contributed by atoms with Crippen molar-refractivity contribution < 1.29 is 33.3 Å². The molecule has 3 aromatic carbocycles. The van der Waals surface area contributed by atoms with E-state index in [1.807, 2.05) is 18.2 Å². The number of carbonyl (C=O) groups is 2. The normalized spacial score (nSPS) is 14.2. The van der Waals surface area contributed by atoms with Gasteiger partial charge in [-0.3, -0.25) is 9.36 Å². The van der Waals surface area contributed by atoms with Crippen molar-refractivity contribution in [2.75, 3.05) is 26.9 Å². The highest BCUT2D eigenvalue weighted by Crippen LogP contribution is 2.37. The van der Waals surface area contributed by atoms with Gasteiger partial charge in [0.2, 0.25) is 0 Å². The summed E-state index contributed by atoms with van der Waals surface area (Å²) in [5.41, 5.74) is 2.26. The number of hydrogen-bond donors (Lipinski definition) is 0. The molecule has 0 saturated carbocycles. The third-order valence-electron chi connectivity index (χ3n) is 7.36. The van der Waals surface area contributed by atoms with Gasteiger partial charge in [0.25, 0.3) is 5.56 Å². The molecule has 0 aliphatic carbocycles. The molecule has 0 bridgehead atoms. The van der Waals surface area contributed by atoms with Crippen LogP contribution in [-0.2, 0) is 25.7 Å². The van der Waals surface area contributed by atoms with E-state index in [0.29, 0.717) is 60.1 Å². The average Bonchev–Trinajstić information content (AvgIpc) is 3.38. The Morgan fingerprint density at radius 2 is 1.80 bits per heavy atom. The van der Waals surface area contributed by atoms with E-state index in [9.17, 15) is 14.4 Å². The van der Waals surface area contributed by atoms with Crippen molar-refractivity contribution >= 4 is 91.1 Å². The number of ether oxygens (including phenoxy) is 5. The lowest BCUT2D eigenvalue weighted by Gasteiger charge is -2.25. The van der Waals surface area contributed by atoms with Gasteiger partial charge in [-0.2, -0.15) is 0 Å². The molecule has 1 aliphatic rings. The maximum absolute atomic E-state index is 14.4. The van der Waals surface area contributed by atoms with Crippen molar-refractivity contribution in [2.24, 2.45) is 4.99 Å². The highest BCUT2D eigenvalue weighted by Gasteiger charge is 2.34. The second-order valence-electron chi connectivity index (χ2n) is 10.6. The molecule has 1 aromatic heterocycles. The zero-order valence-electron chi connectivity index (χ0n) is 27.2. The molecular formula is C35H30BrCl2IN2O8S. The molecule has 4 aromatic rings. The van der Waals surface area contributed by atoms with Crippen LogP contribution in [0.1, 0.15) is 43.5 Å². The Balaban J connectivity index is 1.64. The van der Waals surface area contributed by atoms with Crippen molar-refractivity contribution in [3.8, 4) is 17.2 Å². The first-order chi connectivity index (χ1) is 23.9. The standard InChI is InChI=1S/C35H30BrCl2IN2O8S/c1-5-46-27-13-20(8-10-26(27)48-17-29(42)45-4)31-30(34(44)47-6-2)18(3)40-35-41(31)33(43)28(50-35)14-21-12-22(36)15-25(39)32(21)49-16-19-7-9-23(37)24(38)11-19/h7-15,31H,5-6,16-17H2,1-4H3/b28-14+/t31-/m0/s1.